The Hall–Kier alpha value is -2.39. The van der Waals surface area contributed by atoms with Gasteiger partial charge in [0.05, 0.1) is 24.4 Å². The maximum absolute atomic E-state index is 11.7. The smallest absolute Gasteiger partial charge is 0.259 e. The number of rotatable bonds is 2. The fourth-order valence-electron chi connectivity index (χ4n) is 1.69. The maximum Gasteiger partial charge on any atom is 0.259 e. The number of imide groups is 1. The Morgan fingerprint density at radius 1 is 1.33 bits per heavy atom. The van der Waals surface area contributed by atoms with E-state index in [0.29, 0.717) is 17.0 Å². The summed E-state index contributed by atoms with van der Waals surface area (Å²) in [7, 11) is 1.41. The number of carbonyl (C=O) groups is 2. The molecule has 1 fully saturated rings. The highest BCUT2D eigenvalue weighted by molar-refractivity contribution is 6.17. The van der Waals surface area contributed by atoms with Crippen LogP contribution in [-0.4, -0.2) is 32.1 Å². The summed E-state index contributed by atoms with van der Waals surface area (Å²) < 4.78 is 9.93. The fraction of sp³-hybridized carbons (Fsp3) is 0.250. The molecule has 6 nitrogen and oxygen atoms in total. The minimum atomic E-state index is -0.450. The largest absolute Gasteiger partial charge is 0.495 e. The third-order valence-electron chi connectivity index (χ3n) is 2.50. The minimum Gasteiger partial charge on any atom is -0.495 e. The van der Waals surface area contributed by atoms with Gasteiger partial charge in [0.25, 0.3) is 11.8 Å². The number of carbonyl (C=O) groups excluding carboxylic acids is 2. The fourth-order valence-corrected chi connectivity index (χ4v) is 1.69. The van der Waals surface area contributed by atoms with Crippen molar-refractivity contribution in [3.63, 3.8) is 0 Å². The van der Waals surface area contributed by atoms with Crippen molar-refractivity contribution in [1.82, 2.24) is 0 Å². The van der Waals surface area contributed by atoms with E-state index in [1.165, 1.54) is 25.3 Å². The van der Waals surface area contributed by atoms with Crippen LogP contribution in [0.5, 0.6) is 5.75 Å². The second-order valence-electron chi connectivity index (χ2n) is 3.61. The summed E-state index contributed by atoms with van der Waals surface area (Å²) in [6.07, 6.45) is 0. The van der Waals surface area contributed by atoms with E-state index in [2.05, 4.69) is 0 Å². The Morgan fingerprint density at radius 3 is 2.56 bits per heavy atom. The number of benzene rings is 1. The van der Waals surface area contributed by atoms with Gasteiger partial charge in [0.15, 0.2) is 0 Å². The van der Waals surface area contributed by atoms with Crippen LogP contribution in [0.15, 0.2) is 18.2 Å². The molecule has 18 heavy (non-hydrogen) atoms. The van der Waals surface area contributed by atoms with Crippen molar-refractivity contribution in [2.45, 2.75) is 0 Å². The third-order valence-corrected chi connectivity index (χ3v) is 2.50. The van der Waals surface area contributed by atoms with E-state index in [-0.39, 0.29) is 13.2 Å². The zero-order valence-electron chi connectivity index (χ0n) is 9.67. The quantitative estimate of drug-likeness (QED) is 0.708. The van der Waals surface area contributed by atoms with Crippen LogP contribution in [0.25, 0.3) is 0 Å². The van der Waals surface area contributed by atoms with Gasteiger partial charge in [-0.05, 0) is 12.1 Å². The summed E-state index contributed by atoms with van der Waals surface area (Å²) >= 11 is 0. The molecule has 0 atom stereocenters. The lowest BCUT2D eigenvalue weighted by Crippen LogP contribution is -2.46. The van der Waals surface area contributed by atoms with Crippen LogP contribution in [0.4, 0.5) is 5.69 Å². The molecule has 1 aliphatic rings. The van der Waals surface area contributed by atoms with Gasteiger partial charge in [-0.3, -0.25) is 9.59 Å². The molecular weight excluding hydrogens is 236 g/mol. The molecule has 1 aromatic rings. The Bertz CT molecular complexity index is 531. The SMILES string of the molecule is COc1cc(C#N)ccc1N1C(=O)COCC1=O. The second-order valence-corrected chi connectivity index (χ2v) is 3.61. The van der Waals surface area contributed by atoms with Crippen LogP contribution >= 0.6 is 0 Å². The van der Waals surface area contributed by atoms with Crippen LogP contribution < -0.4 is 9.64 Å². The number of nitriles is 1. The van der Waals surface area contributed by atoms with E-state index in [1.807, 2.05) is 6.07 Å². The topological polar surface area (TPSA) is 79.6 Å². The molecular formula is C12H10N2O4. The highest BCUT2D eigenvalue weighted by Crippen LogP contribution is 2.30. The zero-order chi connectivity index (χ0) is 13.1. The standard InChI is InChI=1S/C12H10N2O4/c1-17-10-4-8(5-13)2-3-9(10)14-11(15)6-18-7-12(14)16/h2-4H,6-7H2,1H3. The normalized spacial score (nSPS) is 15.4. The van der Waals surface area contributed by atoms with E-state index >= 15 is 0 Å². The Morgan fingerprint density at radius 2 is 2.00 bits per heavy atom. The first-order valence-electron chi connectivity index (χ1n) is 5.19. The summed E-state index contributed by atoms with van der Waals surface area (Å²) in [5.74, 6) is -0.596. The Kier molecular flexibility index (Phi) is 3.26. The molecule has 0 N–H and O–H groups in total. The van der Waals surface area contributed by atoms with Gasteiger partial charge in [0.2, 0.25) is 0 Å². The molecule has 0 bridgehead atoms. The van der Waals surface area contributed by atoms with Crippen molar-refractivity contribution in [3.05, 3.63) is 23.8 Å². The number of anilines is 1. The molecule has 0 aliphatic carbocycles. The number of ether oxygens (including phenoxy) is 2. The molecule has 6 heteroatoms. The predicted octanol–water partition coefficient (Wildman–Crippen LogP) is 0.457. The van der Waals surface area contributed by atoms with Gasteiger partial charge >= 0.3 is 0 Å². The van der Waals surface area contributed by atoms with Gasteiger partial charge in [0, 0.05) is 6.07 Å². The van der Waals surface area contributed by atoms with E-state index in [1.54, 1.807) is 0 Å². The first kappa shape index (κ1) is 12.1. The van der Waals surface area contributed by atoms with Crippen LogP contribution in [0.2, 0.25) is 0 Å². The monoisotopic (exact) mass is 246 g/mol. The van der Waals surface area contributed by atoms with Gasteiger partial charge in [-0.2, -0.15) is 5.26 Å². The molecule has 0 saturated carbocycles. The summed E-state index contributed by atoms with van der Waals surface area (Å²) in [4.78, 5) is 24.4. The molecule has 1 saturated heterocycles. The van der Waals surface area contributed by atoms with Crippen molar-refractivity contribution >= 4 is 17.5 Å². The molecule has 1 heterocycles. The van der Waals surface area contributed by atoms with E-state index in [4.69, 9.17) is 14.7 Å². The number of hydrogen-bond donors (Lipinski definition) is 0. The summed E-state index contributed by atoms with van der Waals surface area (Å²) in [5, 5.41) is 8.79. The first-order chi connectivity index (χ1) is 8.67. The molecule has 0 spiro atoms. The van der Waals surface area contributed by atoms with Crippen LogP contribution in [0, 0.1) is 11.3 Å². The van der Waals surface area contributed by atoms with Gasteiger partial charge in [0.1, 0.15) is 19.0 Å². The lowest BCUT2D eigenvalue weighted by molar-refractivity contribution is -0.138. The number of nitrogens with zero attached hydrogens (tertiary/aromatic N) is 2. The van der Waals surface area contributed by atoms with Gasteiger partial charge in [-0.1, -0.05) is 0 Å². The first-order valence-corrected chi connectivity index (χ1v) is 5.19. The van der Waals surface area contributed by atoms with Crippen molar-refractivity contribution in [2.24, 2.45) is 0 Å². The minimum absolute atomic E-state index is 0.144. The van der Waals surface area contributed by atoms with E-state index < -0.39 is 11.8 Å². The highest BCUT2D eigenvalue weighted by atomic mass is 16.5. The molecule has 92 valence electrons. The van der Waals surface area contributed by atoms with Gasteiger partial charge in [-0.15, -0.1) is 0 Å². The van der Waals surface area contributed by atoms with Crippen molar-refractivity contribution in [1.29, 1.82) is 5.26 Å². The number of morpholine rings is 1. The molecule has 1 aliphatic heterocycles. The average molecular weight is 246 g/mol. The van der Waals surface area contributed by atoms with Crippen molar-refractivity contribution in [3.8, 4) is 11.8 Å². The van der Waals surface area contributed by atoms with E-state index in [9.17, 15) is 9.59 Å². The average Bonchev–Trinajstić information content (AvgIpc) is 2.38. The molecule has 0 unspecified atom stereocenters. The summed E-state index contributed by atoms with van der Waals surface area (Å²) in [6, 6.07) is 6.47. The van der Waals surface area contributed by atoms with Gasteiger partial charge in [-0.25, -0.2) is 4.90 Å². The highest BCUT2D eigenvalue weighted by Gasteiger charge is 2.30. The lowest BCUT2D eigenvalue weighted by atomic mass is 10.1. The predicted molar refractivity (Wildman–Crippen MR) is 61.0 cm³/mol. The molecule has 2 amide bonds. The molecule has 1 aromatic carbocycles. The number of methoxy groups -OCH3 is 1. The Labute approximate surface area is 103 Å². The van der Waals surface area contributed by atoms with Crippen LogP contribution in [0.3, 0.4) is 0 Å². The lowest BCUT2D eigenvalue weighted by Gasteiger charge is -2.26. The van der Waals surface area contributed by atoms with Crippen molar-refractivity contribution in [2.75, 3.05) is 25.2 Å². The summed E-state index contributed by atoms with van der Waals surface area (Å²) in [6.45, 7) is -0.288. The second kappa shape index (κ2) is 4.85. The van der Waals surface area contributed by atoms with Gasteiger partial charge < -0.3 is 9.47 Å². The van der Waals surface area contributed by atoms with Crippen molar-refractivity contribution < 1.29 is 19.1 Å². The molecule has 2 rings (SSSR count). The number of hydrogen-bond acceptors (Lipinski definition) is 5. The third kappa shape index (κ3) is 2.04. The Balaban J connectivity index is 2.46. The zero-order valence-corrected chi connectivity index (χ0v) is 9.67. The maximum atomic E-state index is 11.7. The van der Waals surface area contributed by atoms with Crippen LogP contribution in [-0.2, 0) is 14.3 Å². The van der Waals surface area contributed by atoms with Crippen LogP contribution in [0.1, 0.15) is 5.56 Å². The molecule has 0 radical (unpaired) electrons. The molecule has 0 aromatic heterocycles. The van der Waals surface area contributed by atoms with E-state index in [0.717, 1.165) is 4.90 Å². The summed E-state index contributed by atoms with van der Waals surface area (Å²) in [5.41, 5.74) is 0.721. The number of amides is 2.